The van der Waals surface area contributed by atoms with Crippen LogP contribution in [-0.4, -0.2) is 4.98 Å². The highest BCUT2D eigenvalue weighted by Crippen LogP contribution is 2.47. The van der Waals surface area contributed by atoms with E-state index in [1.807, 2.05) is 18.2 Å². The smallest absolute Gasteiger partial charge is 0.123 e. The van der Waals surface area contributed by atoms with Crippen molar-refractivity contribution in [3.63, 3.8) is 0 Å². The molecule has 1 aliphatic carbocycles. The summed E-state index contributed by atoms with van der Waals surface area (Å²) in [6, 6.07) is 8.95. The minimum Gasteiger partial charge on any atom is -0.260 e. The summed E-state index contributed by atoms with van der Waals surface area (Å²) in [7, 11) is 0. The van der Waals surface area contributed by atoms with Crippen LogP contribution in [0.2, 0.25) is 0 Å². The number of rotatable bonds is 0. The Kier molecular flexibility index (Phi) is 1.73. The molecule has 0 N–H and O–H groups in total. The molecule has 0 aliphatic heterocycles. The predicted octanol–water partition coefficient (Wildman–Crippen LogP) is 3.53. The lowest BCUT2D eigenvalue weighted by molar-refractivity contribution is 0.602. The fraction of sp³-hybridized carbons (Fsp3) is 0.214. The normalized spacial score (nSPS) is 15.7. The van der Waals surface area contributed by atoms with Crippen LogP contribution >= 0.6 is 0 Å². The van der Waals surface area contributed by atoms with Crippen molar-refractivity contribution < 1.29 is 4.39 Å². The van der Waals surface area contributed by atoms with Crippen LogP contribution < -0.4 is 0 Å². The summed E-state index contributed by atoms with van der Waals surface area (Å²) in [6.45, 7) is 4.17. The molecule has 0 atom stereocenters. The number of pyridine rings is 1. The Morgan fingerprint density at radius 1 is 1.12 bits per heavy atom. The Bertz CT molecular complexity index is 573. The van der Waals surface area contributed by atoms with Gasteiger partial charge < -0.3 is 0 Å². The van der Waals surface area contributed by atoms with Gasteiger partial charge in [0.25, 0.3) is 0 Å². The molecule has 0 saturated heterocycles. The molecule has 0 amide bonds. The van der Waals surface area contributed by atoms with Crippen molar-refractivity contribution in [2.24, 2.45) is 0 Å². The minimum absolute atomic E-state index is 0.181. The molecule has 1 aromatic heterocycles. The van der Waals surface area contributed by atoms with Crippen LogP contribution in [0.5, 0.6) is 0 Å². The molecule has 0 unspecified atom stereocenters. The molecule has 3 rings (SSSR count). The SMILES string of the molecule is CC1(C)c2cc(F)ccc2-c2cccnc21. The molecular weight excluding hydrogens is 201 g/mol. The van der Waals surface area contributed by atoms with E-state index in [0.29, 0.717) is 0 Å². The van der Waals surface area contributed by atoms with Crippen molar-refractivity contribution in [3.05, 3.63) is 53.6 Å². The Hall–Kier alpha value is -1.70. The number of benzene rings is 1. The molecule has 80 valence electrons. The van der Waals surface area contributed by atoms with Gasteiger partial charge in [-0.1, -0.05) is 26.0 Å². The zero-order chi connectivity index (χ0) is 11.3. The molecule has 0 saturated carbocycles. The molecule has 0 spiro atoms. The van der Waals surface area contributed by atoms with Gasteiger partial charge in [0.15, 0.2) is 0 Å². The van der Waals surface area contributed by atoms with Gasteiger partial charge in [0.1, 0.15) is 5.82 Å². The van der Waals surface area contributed by atoms with Crippen molar-refractivity contribution in [2.45, 2.75) is 19.3 Å². The number of fused-ring (bicyclic) bond motifs is 3. The number of hydrogen-bond acceptors (Lipinski definition) is 1. The van der Waals surface area contributed by atoms with Gasteiger partial charge in [-0.05, 0) is 29.3 Å². The highest BCUT2D eigenvalue weighted by Gasteiger charge is 2.36. The average molecular weight is 213 g/mol. The monoisotopic (exact) mass is 213 g/mol. The number of halogens is 1. The van der Waals surface area contributed by atoms with Gasteiger partial charge in [-0.15, -0.1) is 0 Å². The van der Waals surface area contributed by atoms with E-state index in [1.165, 1.54) is 6.07 Å². The third-order valence-electron chi connectivity index (χ3n) is 3.34. The van der Waals surface area contributed by atoms with Gasteiger partial charge in [-0.2, -0.15) is 0 Å². The second-order valence-electron chi connectivity index (χ2n) is 4.71. The summed E-state index contributed by atoms with van der Waals surface area (Å²) in [5, 5.41) is 0. The van der Waals surface area contributed by atoms with Gasteiger partial charge in [-0.3, -0.25) is 4.98 Å². The Balaban J connectivity index is 2.39. The molecule has 0 bridgehead atoms. The van der Waals surface area contributed by atoms with Crippen molar-refractivity contribution in [2.75, 3.05) is 0 Å². The fourth-order valence-electron chi connectivity index (χ4n) is 2.52. The van der Waals surface area contributed by atoms with Gasteiger partial charge in [0.05, 0.1) is 5.69 Å². The maximum atomic E-state index is 13.3. The highest BCUT2D eigenvalue weighted by molar-refractivity contribution is 5.78. The van der Waals surface area contributed by atoms with Crippen LogP contribution in [0.1, 0.15) is 25.1 Å². The van der Waals surface area contributed by atoms with Gasteiger partial charge >= 0.3 is 0 Å². The zero-order valence-electron chi connectivity index (χ0n) is 9.29. The fourth-order valence-corrected chi connectivity index (χ4v) is 2.52. The van der Waals surface area contributed by atoms with E-state index in [0.717, 1.165) is 22.4 Å². The Morgan fingerprint density at radius 3 is 2.75 bits per heavy atom. The maximum absolute atomic E-state index is 13.3. The van der Waals surface area contributed by atoms with Gasteiger partial charge in [0, 0.05) is 17.2 Å². The number of aromatic nitrogens is 1. The summed E-state index contributed by atoms with van der Waals surface area (Å²) in [5.74, 6) is -0.181. The topological polar surface area (TPSA) is 12.9 Å². The van der Waals surface area contributed by atoms with Gasteiger partial charge in [-0.25, -0.2) is 4.39 Å². The van der Waals surface area contributed by atoms with Crippen molar-refractivity contribution >= 4 is 0 Å². The van der Waals surface area contributed by atoms with E-state index in [-0.39, 0.29) is 11.2 Å². The molecule has 0 fully saturated rings. The largest absolute Gasteiger partial charge is 0.260 e. The summed E-state index contributed by atoms with van der Waals surface area (Å²) >= 11 is 0. The van der Waals surface area contributed by atoms with Crippen LogP contribution in [0.15, 0.2) is 36.5 Å². The first-order valence-electron chi connectivity index (χ1n) is 5.36. The first kappa shape index (κ1) is 9.52. The van der Waals surface area contributed by atoms with Crippen molar-refractivity contribution in [1.82, 2.24) is 4.98 Å². The first-order chi connectivity index (χ1) is 7.60. The van der Waals surface area contributed by atoms with E-state index in [4.69, 9.17) is 0 Å². The third-order valence-corrected chi connectivity index (χ3v) is 3.34. The molecule has 1 aromatic carbocycles. The highest BCUT2D eigenvalue weighted by atomic mass is 19.1. The molecule has 1 heterocycles. The molecule has 0 radical (unpaired) electrons. The maximum Gasteiger partial charge on any atom is 0.123 e. The van der Waals surface area contributed by atoms with E-state index in [2.05, 4.69) is 18.8 Å². The summed E-state index contributed by atoms with van der Waals surface area (Å²) in [6.07, 6.45) is 1.79. The zero-order valence-corrected chi connectivity index (χ0v) is 9.29. The van der Waals surface area contributed by atoms with Crippen LogP contribution in [-0.2, 0) is 5.41 Å². The third kappa shape index (κ3) is 1.07. The lowest BCUT2D eigenvalue weighted by atomic mass is 9.85. The lowest BCUT2D eigenvalue weighted by Gasteiger charge is -2.19. The van der Waals surface area contributed by atoms with Crippen LogP contribution in [0.3, 0.4) is 0 Å². The average Bonchev–Trinajstić information content (AvgIpc) is 2.49. The molecular formula is C14H12FN. The predicted molar refractivity (Wildman–Crippen MR) is 61.8 cm³/mol. The molecule has 16 heavy (non-hydrogen) atoms. The van der Waals surface area contributed by atoms with Crippen LogP contribution in [0, 0.1) is 5.82 Å². The summed E-state index contributed by atoms with van der Waals surface area (Å²) in [5.41, 5.74) is 4.10. The Labute approximate surface area is 94.0 Å². The minimum atomic E-state index is -0.200. The van der Waals surface area contributed by atoms with Crippen LogP contribution in [0.25, 0.3) is 11.1 Å². The standard InChI is InChI=1S/C14H12FN/c1-14(2)12-8-9(15)5-6-10(12)11-4-3-7-16-13(11)14/h3-8H,1-2H3. The number of nitrogens with zero attached hydrogens (tertiary/aromatic N) is 1. The second-order valence-corrected chi connectivity index (χ2v) is 4.71. The first-order valence-corrected chi connectivity index (χ1v) is 5.36. The summed E-state index contributed by atoms with van der Waals surface area (Å²) < 4.78 is 13.3. The summed E-state index contributed by atoms with van der Waals surface area (Å²) in [4.78, 5) is 4.43. The lowest BCUT2D eigenvalue weighted by Crippen LogP contribution is -2.16. The Morgan fingerprint density at radius 2 is 1.94 bits per heavy atom. The molecule has 2 aromatic rings. The van der Waals surface area contributed by atoms with Crippen molar-refractivity contribution in [3.8, 4) is 11.1 Å². The quantitative estimate of drug-likeness (QED) is 0.652. The van der Waals surface area contributed by atoms with E-state index >= 15 is 0 Å². The van der Waals surface area contributed by atoms with E-state index in [9.17, 15) is 4.39 Å². The second kappa shape index (κ2) is 2.91. The van der Waals surface area contributed by atoms with E-state index < -0.39 is 0 Å². The molecule has 1 nitrogen and oxygen atoms in total. The van der Waals surface area contributed by atoms with Gasteiger partial charge in [0.2, 0.25) is 0 Å². The van der Waals surface area contributed by atoms with Crippen molar-refractivity contribution in [1.29, 1.82) is 0 Å². The molecule has 1 aliphatic rings. The number of hydrogen-bond donors (Lipinski definition) is 0. The van der Waals surface area contributed by atoms with E-state index in [1.54, 1.807) is 12.3 Å². The molecule has 2 heteroatoms. The van der Waals surface area contributed by atoms with Crippen LogP contribution in [0.4, 0.5) is 4.39 Å².